The Morgan fingerprint density at radius 3 is 2.65 bits per heavy atom. The average molecular weight is 288 g/mol. The molecule has 0 aliphatic rings. The molecule has 0 saturated carbocycles. The summed E-state index contributed by atoms with van der Waals surface area (Å²) >= 11 is 1.51. The minimum Gasteiger partial charge on any atom is -0.481 e. The zero-order chi connectivity index (χ0) is 14.6. The van der Waals surface area contributed by atoms with E-state index in [2.05, 4.69) is 9.97 Å². The normalized spacial score (nSPS) is 11.2. The van der Waals surface area contributed by atoms with Crippen molar-refractivity contribution in [2.24, 2.45) is 0 Å². The number of aromatic nitrogens is 2. The zero-order valence-corrected chi connectivity index (χ0v) is 12.5. The van der Waals surface area contributed by atoms with Crippen molar-refractivity contribution in [3.05, 3.63) is 36.8 Å². The Morgan fingerprint density at radius 2 is 2.05 bits per heavy atom. The smallest absolute Gasteiger partial charge is 0.212 e. The van der Waals surface area contributed by atoms with E-state index in [1.807, 2.05) is 32.0 Å². The summed E-state index contributed by atoms with van der Waals surface area (Å²) in [7, 11) is 1.58. The van der Waals surface area contributed by atoms with Gasteiger partial charge in [0.2, 0.25) is 5.88 Å². The molecule has 4 nitrogen and oxygen atoms in total. The molecular weight excluding hydrogens is 272 g/mol. The van der Waals surface area contributed by atoms with E-state index in [1.54, 1.807) is 25.7 Å². The molecule has 2 heterocycles. The molecule has 0 atom stereocenters. The van der Waals surface area contributed by atoms with Crippen LogP contribution >= 0.6 is 11.8 Å². The van der Waals surface area contributed by atoms with E-state index < -0.39 is 4.75 Å². The van der Waals surface area contributed by atoms with Gasteiger partial charge >= 0.3 is 0 Å². The molecule has 0 aliphatic heterocycles. The number of thioether (sulfide) groups is 1. The average Bonchev–Trinajstić information content (AvgIpc) is 2.48. The summed E-state index contributed by atoms with van der Waals surface area (Å²) in [5.41, 5.74) is 1.91. The molecule has 0 saturated heterocycles. The summed E-state index contributed by atoms with van der Waals surface area (Å²) in [5, 5.41) is 0. The number of methoxy groups -OCH3 is 1. The van der Waals surface area contributed by atoms with Gasteiger partial charge in [-0.05, 0) is 26.0 Å². The molecular formula is C15H16N2O2S. The van der Waals surface area contributed by atoms with Crippen LogP contribution in [0.5, 0.6) is 5.88 Å². The van der Waals surface area contributed by atoms with Crippen LogP contribution in [0.1, 0.15) is 13.8 Å². The van der Waals surface area contributed by atoms with Gasteiger partial charge in [-0.2, -0.15) is 0 Å². The predicted molar refractivity (Wildman–Crippen MR) is 80.0 cm³/mol. The number of hydrogen-bond donors (Lipinski definition) is 0. The molecule has 5 heteroatoms. The van der Waals surface area contributed by atoms with E-state index in [0.717, 1.165) is 22.3 Å². The lowest BCUT2D eigenvalue weighted by atomic mass is 10.1. The number of rotatable bonds is 5. The Hall–Kier alpha value is -1.88. The van der Waals surface area contributed by atoms with Crippen LogP contribution < -0.4 is 4.74 Å². The van der Waals surface area contributed by atoms with Crippen LogP contribution in [0.3, 0.4) is 0 Å². The second kappa shape index (κ2) is 6.05. The number of hydrogen-bond acceptors (Lipinski definition) is 5. The van der Waals surface area contributed by atoms with E-state index in [9.17, 15) is 4.79 Å². The van der Waals surface area contributed by atoms with Crippen molar-refractivity contribution in [3.63, 3.8) is 0 Å². The topological polar surface area (TPSA) is 52.1 Å². The van der Waals surface area contributed by atoms with Gasteiger partial charge in [-0.15, -0.1) is 11.8 Å². The van der Waals surface area contributed by atoms with E-state index >= 15 is 0 Å². The highest BCUT2D eigenvalue weighted by atomic mass is 32.2. The van der Waals surface area contributed by atoms with Crippen LogP contribution in [0.25, 0.3) is 11.1 Å². The molecule has 0 bridgehead atoms. The van der Waals surface area contributed by atoms with Crippen LogP contribution in [0.4, 0.5) is 0 Å². The zero-order valence-electron chi connectivity index (χ0n) is 11.7. The summed E-state index contributed by atoms with van der Waals surface area (Å²) in [5.74, 6) is 0.570. The molecule has 0 spiro atoms. The SMILES string of the molecule is COc1ccc(-c2cnccc2SC(C)(C)C=O)cn1. The molecule has 2 aromatic rings. The predicted octanol–water partition coefficient (Wildman–Crippen LogP) is 3.22. The van der Waals surface area contributed by atoms with Gasteiger partial charge in [-0.25, -0.2) is 4.98 Å². The van der Waals surface area contributed by atoms with Crippen LogP contribution in [-0.2, 0) is 4.79 Å². The third-order valence-corrected chi connectivity index (χ3v) is 3.89. The Morgan fingerprint density at radius 1 is 1.25 bits per heavy atom. The first-order valence-electron chi connectivity index (χ1n) is 6.15. The highest BCUT2D eigenvalue weighted by Gasteiger charge is 2.20. The fourth-order valence-corrected chi connectivity index (χ4v) is 2.68. The lowest BCUT2D eigenvalue weighted by Gasteiger charge is -2.18. The number of ether oxygens (including phenoxy) is 1. The van der Waals surface area contributed by atoms with Crippen LogP contribution in [-0.4, -0.2) is 28.1 Å². The maximum absolute atomic E-state index is 11.1. The maximum Gasteiger partial charge on any atom is 0.212 e. The molecule has 2 aromatic heterocycles. The highest BCUT2D eigenvalue weighted by Crippen LogP contribution is 2.37. The van der Waals surface area contributed by atoms with E-state index in [4.69, 9.17) is 4.74 Å². The standard InChI is InChI=1S/C15H16N2O2S/c1-15(2,10-18)20-13-6-7-16-9-12(13)11-4-5-14(19-3)17-8-11/h4-10H,1-3H3. The van der Waals surface area contributed by atoms with Crippen LogP contribution in [0, 0.1) is 0 Å². The molecule has 0 amide bonds. The molecule has 0 aliphatic carbocycles. The summed E-state index contributed by atoms with van der Waals surface area (Å²) in [6.45, 7) is 3.78. The van der Waals surface area contributed by atoms with Crippen molar-refractivity contribution in [3.8, 4) is 17.0 Å². The number of aldehydes is 1. The van der Waals surface area contributed by atoms with E-state index in [0.29, 0.717) is 5.88 Å². The third-order valence-electron chi connectivity index (χ3n) is 2.69. The van der Waals surface area contributed by atoms with Crippen molar-refractivity contribution < 1.29 is 9.53 Å². The molecule has 0 unspecified atom stereocenters. The van der Waals surface area contributed by atoms with Gasteiger partial charge in [0.05, 0.1) is 11.9 Å². The van der Waals surface area contributed by atoms with Gasteiger partial charge in [0.1, 0.15) is 6.29 Å². The quantitative estimate of drug-likeness (QED) is 0.624. The first-order chi connectivity index (χ1) is 9.55. The van der Waals surface area contributed by atoms with Crippen molar-refractivity contribution in [2.75, 3.05) is 7.11 Å². The second-order valence-corrected chi connectivity index (χ2v) is 6.48. The fourth-order valence-electron chi connectivity index (χ4n) is 1.66. The van der Waals surface area contributed by atoms with Crippen LogP contribution in [0.15, 0.2) is 41.7 Å². The van der Waals surface area contributed by atoms with Gasteiger partial charge < -0.3 is 9.53 Å². The number of carbonyl (C=O) groups is 1. The first kappa shape index (κ1) is 14.5. The Labute approximate surface area is 122 Å². The summed E-state index contributed by atoms with van der Waals surface area (Å²) < 4.78 is 4.58. The lowest BCUT2D eigenvalue weighted by molar-refractivity contribution is -0.109. The van der Waals surface area contributed by atoms with Gasteiger partial charge in [-0.1, -0.05) is 0 Å². The van der Waals surface area contributed by atoms with Gasteiger partial charge in [0.15, 0.2) is 0 Å². The minimum atomic E-state index is -0.476. The molecule has 0 fully saturated rings. The second-order valence-electron chi connectivity index (χ2n) is 4.78. The number of carbonyl (C=O) groups excluding carboxylic acids is 1. The molecule has 0 aromatic carbocycles. The molecule has 104 valence electrons. The Bertz CT molecular complexity index is 597. The molecule has 20 heavy (non-hydrogen) atoms. The lowest BCUT2D eigenvalue weighted by Crippen LogP contribution is -2.15. The Balaban J connectivity index is 2.38. The molecule has 0 radical (unpaired) electrons. The summed E-state index contributed by atoms with van der Waals surface area (Å²) in [6, 6.07) is 5.65. The van der Waals surface area contributed by atoms with Crippen molar-refractivity contribution in [1.82, 2.24) is 9.97 Å². The van der Waals surface area contributed by atoms with Gasteiger partial charge in [0, 0.05) is 40.7 Å². The number of nitrogens with zero attached hydrogens (tertiary/aromatic N) is 2. The minimum absolute atomic E-state index is 0.476. The van der Waals surface area contributed by atoms with Crippen molar-refractivity contribution in [1.29, 1.82) is 0 Å². The van der Waals surface area contributed by atoms with Gasteiger partial charge in [-0.3, -0.25) is 4.98 Å². The van der Waals surface area contributed by atoms with Crippen molar-refractivity contribution in [2.45, 2.75) is 23.5 Å². The Kier molecular flexibility index (Phi) is 4.39. The molecule has 2 rings (SSSR count). The maximum atomic E-state index is 11.1. The van der Waals surface area contributed by atoms with Crippen molar-refractivity contribution >= 4 is 18.0 Å². The summed E-state index contributed by atoms with van der Waals surface area (Å²) in [6.07, 6.45) is 6.21. The molecule has 0 N–H and O–H groups in total. The first-order valence-corrected chi connectivity index (χ1v) is 6.97. The largest absolute Gasteiger partial charge is 0.481 e. The van der Waals surface area contributed by atoms with E-state index in [1.165, 1.54) is 11.8 Å². The van der Waals surface area contributed by atoms with E-state index in [-0.39, 0.29) is 0 Å². The monoisotopic (exact) mass is 288 g/mol. The third kappa shape index (κ3) is 3.36. The number of pyridine rings is 2. The fraction of sp³-hybridized carbons (Fsp3) is 0.267. The highest BCUT2D eigenvalue weighted by molar-refractivity contribution is 8.01. The van der Waals surface area contributed by atoms with Gasteiger partial charge in [0.25, 0.3) is 0 Å². The summed E-state index contributed by atoms with van der Waals surface area (Å²) in [4.78, 5) is 20.5. The van der Waals surface area contributed by atoms with Crippen LogP contribution in [0.2, 0.25) is 0 Å².